The first kappa shape index (κ1) is 24.4. The average Bonchev–Trinajstić information content (AvgIpc) is 2.89. The second kappa shape index (κ2) is 9.94. The lowest BCUT2D eigenvalue weighted by Crippen LogP contribution is -3.11. The Bertz CT molecular complexity index is 974. The fraction of sp³-hybridized carbons (Fsp3) is 0.500. The van der Waals surface area contributed by atoms with Crippen molar-refractivity contribution in [3.8, 4) is 0 Å². The summed E-state index contributed by atoms with van der Waals surface area (Å²) in [5.74, 6) is -0.236. The van der Waals surface area contributed by atoms with E-state index >= 15 is 0 Å². The summed E-state index contributed by atoms with van der Waals surface area (Å²) in [5.41, 5.74) is 3.05. The number of anilines is 1. The SMILES string of the molecule is C=C1N(CCCS(=O)(=O)O)c2ccc3ccccc3c2C1(C)C.CC[NH+](CC)CC. The number of hydrogen-bond acceptors (Lipinski definition) is 3. The van der Waals surface area contributed by atoms with Crippen LogP contribution in [0.2, 0.25) is 0 Å². The Morgan fingerprint density at radius 2 is 1.63 bits per heavy atom. The molecule has 2 aromatic carbocycles. The maximum Gasteiger partial charge on any atom is 0.264 e. The molecule has 0 radical (unpaired) electrons. The first-order valence-corrected chi connectivity index (χ1v) is 12.5. The molecule has 0 saturated carbocycles. The van der Waals surface area contributed by atoms with Crippen LogP contribution in [0.15, 0.2) is 48.7 Å². The quantitative estimate of drug-likeness (QED) is 0.654. The van der Waals surface area contributed by atoms with Crippen molar-refractivity contribution in [2.75, 3.05) is 36.8 Å². The van der Waals surface area contributed by atoms with Crippen molar-refractivity contribution in [2.24, 2.45) is 0 Å². The Morgan fingerprint density at radius 1 is 1.03 bits per heavy atom. The van der Waals surface area contributed by atoms with Crippen molar-refractivity contribution >= 4 is 26.6 Å². The standard InChI is InChI=1S/C18H21NO3S.C6H15N/c1-13-18(2,3)17-15-8-5-4-7-14(15)9-10-16(17)19(13)11-6-12-23(20,21)22;1-4-7(5-2)6-3/h4-5,7-10H,1,6,11-12H2,2-3H3,(H,20,21,22);4-6H2,1-3H3/p+1. The smallest absolute Gasteiger partial charge is 0.264 e. The van der Waals surface area contributed by atoms with Gasteiger partial charge in [0, 0.05) is 23.3 Å². The van der Waals surface area contributed by atoms with E-state index in [1.807, 2.05) is 12.1 Å². The van der Waals surface area contributed by atoms with E-state index in [0.29, 0.717) is 13.0 Å². The molecule has 2 N–H and O–H groups in total. The molecule has 5 nitrogen and oxygen atoms in total. The van der Waals surface area contributed by atoms with Gasteiger partial charge in [-0.3, -0.25) is 4.55 Å². The van der Waals surface area contributed by atoms with Gasteiger partial charge in [0.1, 0.15) is 0 Å². The maximum atomic E-state index is 10.9. The third-order valence-corrected chi connectivity index (χ3v) is 6.96. The molecule has 30 heavy (non-hydrogen) atoms. The average molecular weight is 434 g/mol. The van der Waals surface area contributed by atoms with E-state index in [1.165, 1.54) is 36.0 Å². The van der Waals surface area contributed by atoms with Gasteiger partial charge in [0.2, 0.25) is 0 Å². The van der Waals surface area contributed by atoms with Crippen molar-refractivity contribution in [1.82, 2.24) is 0 Å². The summed E-state index contributed by atoms with van der Waals surface area (Å²) in [4.78, 5) is 3.76. The minimum atomic E-state index is -3.93. The Hall–Kier alpha value is -1.89. The van der Waals surface area contributed by atoms with Crippen molar-refractivity contribution in [2.45, 2.75) is 46.5 Å². The highest BCUT2D eigenvalue weighted by Gasteiger charge is 2.39. The van der Waals surface area contributed by atoms with E-state index in [2.05, 4.69) is 70.4 Å². The third kappa shape index (κ3) is 5.42. The van der Waals surface area contributed by atoms with Crippen LogP contribution in [-0.4, -0.2) is 44.9 Å². The van der Waals surface area contributed by atoms with Crippen LogP contribution < -0.4 is 9.80 Å². The zero-order chi connectivity index (χ0) is 22.5. The van der Waals surface area contributed by atoms with Crippen LogP contribution in [0.5, 0.6) is 0 Å². The molecule has 0 aromatic heterocycles. The molecule has 3 rings (SSSR count). The predicted molar refractivity (Wildman–Crippen MR) is 127 cm³/mol. The molecule has 1 aliphatic heterocycles. The molecule has 1 aliphatic rings. The lowest BCUT2D eigenvalue weighted by molar-refractivity contribution is -0.894. The number of rotatable bonds is 7. The fourth-order valence-corrected chi connectivity index (χ4v) is 4.67. The number of quaternary nitrogens is 1. The van der Waals surface area contributed by atoms with Gasteiger partial charge in [0.05, 0.1) is 25.4 Å². The lowest BCUT2D eigenvalue weighted by Gasteiger charge is -2.25. The van der Waals surface area contributed by atoms with Crippen molar-refractivity contribution in [3.63, 3.8) is 0 Å². The number of nitrogens with zero attached hydrogens (tertiary/aromatic N) is 1. The van der Waals surface area contributed by atoms with Gasteiger partial charge in [0.15, 0.2) is 0 Å². The van der Waals surface area contributed by atoms with Crippen LogP contribution in [0.4, 0.5) is 5.69 Å². The molecule has 0 atom stereocenters. The summed E-state index contributed by atoms with van der Waals surface area (Å²) in [5, 5.41) is 2.39. The van der Waals surface area contributed by atoms with Gasteiger partial charge in [0.25, 0.3) is 10.1 Å². The number of fused-ring (bicyclic) bond motifs is 3. The zero-order valence-electron chi connectivity index (χ0n) is 19.0. The van der Waals surface area contributed by atoms with Gasteiger partial charge in [-0.1, -0.05) is 50.8 Å². The highest BCUT2D eigenvalue weighted by atomic mass is 32.2. The molecule has 166 valence electrons. The van der Waals surface area contributed by atoms with E-state index in [0.717, 1.165) is 11.4 Å². The summed E-state index contributed by atoms with van der Waals surface area (Å²) in [6, 6.07) is 12.4. The van der Waals surface area contributed by atoms with Crippen molar-refractivity contribution in [1.29, 1.82) is 0 Å². The monoisotopic (exact) mass is 433 g/mol. The normalized spacial score (nSPS) is 15.3. The molecule has 0 fully saturated rings. The molecule has 6 heteroatoms. The topological polar surface area (TPSA) is 62.0 Å². The molecule has 0 amide bonds. The van der Waals surface area contributed by atoms with Gasteiger partial charge < -0.3 is 9.80 Å². The minimum Gasteiger partial charge on any atom is -0.345 e. The van der Waals surface area contributed by atoms with E-state index < -0.39 is 10.1 Å². The third-order valence-electron chi connectivity index (χ3n) is 6.15. The van der Waals surface area contributed by atoms with Crippen LogP contribution in [0.1, 0.15) is 46.6 Å². The maximum absolute atomic E-state index is 10.9. The first-order valence-electron chi connectivity index (χ1n) is 10.8. The summed E-state index contributed by atoms with van der Waals surface area (Å²) in [7, 11) is -3.93. The summed E-state index contributed by atoms with van der Waals surface area (Å²) >= 11 is 0. The Kier molecular flexibility index (Phi) is 8.08. The zero-order valence-corrected chi connectivity index (χ0v) is 19.8. The fourth-order valence-electron chi connectivity index (χ4n) is 4.18. The lowest BCUT2D eigenvalue weighted by atomic mass is 9.82. The summed E-state index contributed by atoms with van der Waals surface area (Å²) in [6.07, 6.45) is 0.361. The second-order valence-electron chi connectivity index (χ2n) is 8.35. The Morgan fingerprint density at radius 3 is 2.17 bits per heavy atom. The van der Waals surface area contributed by atoms with Gasteiger partial charge in [-0.05, 0) is 49.6 Å². The van der Waals surface area contributed by atoms with Crippen LogP contribution in [0, 0.1) is 0 Å². The molecular weight excluding hydrogens is 396 g/mol. The van der Waals surface area contributed by atoms with E-state index in [1.54, 1.807) is 4.90 Å². The van der Waals surface area contributed by atoms with Crippen molar-refractivity contribution < 1.29 is 17.9 Å². The molecule has 0 aliphatic carbocycles. The van der Waals surface area contributed by atoms with E-state index in [-0.39, 0.29) is 11.2 Å². The molecule has 0 unspecified atom stereocenters. The summed E-state index contributed by atoms with van der Waals surface area (Å²) in [6.45, 7) is 19.5. The first-order chi connectivity index (χ1) is 14.1. The predicted octanol–water partition coefficient (Wildman–Crippen LogP) is 3.66. The molecule has 1 heterocycles. The van der Waals surface area contributed by atoms with Gasteiger partial charge in [-0.15, -0.1) is 0 Å². The van der Waals surface area contributed by atoms with Crippen LogP contribution in [0.3, 0.4) is 0 Å². The van der Waals surface area contributed by atoms with Crippen LogP contribution in [-0.2, 0) is 15.5 Å². The molecule has 0 bridgehead atoms. The van der Waals surface area contributed by atoms with E-state index in [4.69, 9.17) is 4.55 Å². The number of nitrogens with one attached hydrogen (secondary N) is 1. The Balaban J connectivity index is 0.000000396. The highest BCUT2D eigenvalue weighted by molar-refractivity contribution is 7.85. The van der Waals surface area contributed by atoms with Crippen molar-refractivity contribution in [3.05, 3.63) is 54.2 Å². The van der Waals surface area contributed by atoms with Gasteiger partial charge in [-0.25, -0.2) is 0 Å². The summed E-state index contributed by atoms with van der Waals surface area (Å²) < 4.78 is 30.8. The largest absolute Gasteiger partial charge is 0.345 e. The molecule has 0 spiro atoms. The molecule has 0 saturated heterocycles. The highest BCUT2D eigenvalue weighted by Crippen LogP contribution is 2.49. The number of allylic oxidation sites excluding steroid dienone is 1. The molecule has 2 aromatic rings. The second-order valence-corrected chi connectivity index (χ2v) is 9.93. The minimum absolute atomic E-state index is 0.214. The number of benzene rings is 2. The van der Waals surface area contributed by atoms with E-state index in [9.17, 15) is 8.42 Å². The molecular formula is C24H37N2O3S+. The van der Waals surface area contributed by atoms with Crippen LogP contribution in [0.25, 0.3) is 10.8 Å². The Labute approximate surface area is 182 Å². The van der Waals surface area contributed by atoms with Gasteiger partial charge in [-0.2, -0.15) is 8.42 Å². The van der Waals surface area contributed by atoms with Gasteiger partial charge >= 0.3 is 0 Å². The van der Waals surface area contributed by atoms with Crippen LogP contribution >= 0.6 is 0 Å². The number of hydrogen-bond donors (Lipinski definition) is 2.